The Balaban J connectivity index is 2.48. The van der Waals surface area contributed by atoms with Gasteiger partial charge in [0.15, 0.2) is 0 Å². The van der Waals surface area contributed by atoms with Gasteiger partial charge in [0.2, 0.25) is 11.8 Å². The maximum Gasteiger partial charge on any atom is 0.224 e. The van der Waals surface area contributed by atoms with Crippen molar-refractivity contribution in [3.63, 3.8) is 0 Å². The van der Waals surface area contributed by atoms with E-state index in [1.807, 2.05) is 6.92 Å². The van der Waals surface area contributed by atoms with Crippen molar-refractivity contribution in [3.05, 3.63) is 24.3 Å². The van der Waals surface area contributed by atoms with E-state index < -0.39 is 0 Å². The lowest BCUT2D eigenvalue weighted by molar-refractivity contribution is -0.116. The molecule has 18 heavy (non-hydrogen) atoms. The zero-order valence-electron chi connectivity index (χ0n) is 10.7. The van der Waals surface area contributed by atoms with Gasteiger partial charge in [-0.1, -0.05) is 0 Å². The van der Waals surface area contributed by atoms with Gasteiger partial charge in [-0.2, -0.15) is 0 Å². The summed E-state index contributed by atoms with van der Waals surface area (Å²) in [5, 5.41) is 5.43. The summed E-state index contributed by atoms with van der Waals surface area (Å²) in [6.45, 7) is 3.32. The van der Waals surface area contributed by atoms with Crippen LogP contribution in [-0.2, 0) is 9.59 Å². The molecule has 5 nitrogen and oxygen atoms in total. The molecule has 0 bridgehead atoms. The quantitative estimate of drug-likeness (QED) is 0.742. The zero-order chi connectivity index (χ0) is 13.5. The van der Waals surface area contributed by atoms with Crippen LogP contribution in [0.5, 0.6) is 0 Å². The van der Waals surface area contributed by atoms with Crippen molar-refractivity contribution in [1.82, 2.24) is 0 Å². The summed E-state index contributed by atoms with van der Waals surface area (Å²) < 4.78 is 0. The van der Waals surface area contributed by atoms with E-state index in [0.29, 0.717) is 24.2 Å². The minimum absolute atomic E-state index is 0.0258. The molecule has 0 saturated heterocycles. The van der Waals surface area contributed by atoms with Crippen LogP contribution in [0.1, 0.15) is 26.7 Å². The standard InChI is InChI=1S/C13H19N3O2/c1-9(14)3-8-13(18)16-12-6-4-11(5-7-12)15-10(2)17/h4-7,9H,3,8,14H2,1-2H3,(H,15,17)(H,16,18). The molecule has 0 fully saturated rings. The highest BCUT2D eigenvalue weighted by Crippen LogP contribution is 2.13. The minimum atomic E-state index is -0.122. The third kappa shape index (κ3) is 5.45. The number of nitrogens with one attached hydrogen (secondary N) is 2. The first-order valence-corrected chi connectivity index (χ1v) is 5.90. The van der Waals surface area contributed by atoms with Gasteiger partial charge in [-0.3, -0.25) is 9.59 Å². The van der Waals surface area contributed by atoms with Crippen LogP contribution in [0.3, 0.4) is 0 Å². The van der Waals surface area contributed by atoms with Gasteiger partial charge < -0.3 is 16.4 Å². The van der Waals surface area contributed by atoms with Crippen molar-refractivity contribution in [3.8, 4) is 0 Å². The lowest BCUT2D eigenvalue weighted by Crippen LogP contribution is -2.19. The highest BCUT2D eigenvalue weighted by atomic mass is 16.2. The number of hydrogen-bond donors (Lipinski definition) is 3. The Morgan fingerprint density at radius 2 is 1.67 bits per heavy atom. The molecule has 1 rings (SSSR count). The molecule has 1 unspecified atom stereocenters. The molecule has 1 aromatic rings. The van der Waals surface area contributed by atoms with Crippen LogP contribution in [-0.4, -0.2) is 17.9 Å². The third-order valence-electron chi connectivity index (χ3n) is 2.32. The molecule has 0 saturated carbocycles. The van der Waals surface area contributed by atoms with Crippen LogP contribution in [0.2, 0.25) is 0 Å². The van der Waals surface area contributed by atoms with Gasteiger partial charge in [0.05, 0.1) is 0 Å². The van der Waals surface area contributed by atoms with E-state index in [1.54, 1.807) is 24.3 Å². The normalized spacial score (nSPS) is 11.7. The van der Waals surface area contributed by atoms with Crippen molar-refractivity contribution >= 4 is 23.2 Å². The van der Waals surface area contributed by atoms with Crippen molar-refractivity contribution in [2.45, 2.75) is 32.7 Å². The molecule has 0 heterocycles. The zero-order valence-corrected chi connectivity index (χ0v) is 10.7. The van der Waals surface area contributed by atoms with E-state index in [1.165, 1.54) is 6.92 Å². The van der Waals surface area contributed by atoms with Crippen molar-refractivity contribution in [1.29, 1.82) is 0 Å². The van der Waals surface area contributed by atoms with Crippen molar-refractivity contribution in [2.24, 2.45) is 5.73 Å². The number of carbonyl (C=O) groups excluding carboxylic acids is 2. The highest BCUT2D eigenvalue weighted by Gasteiger charge is 2.04. The Bertz CT molecular complexity index is 413. The summed E-state index contributed by atoms with van der Waals surface area (Å²) in [6, 6.07) is 6.99. The predicted octanol–water partition coefficient (Wildman–Crippen LogP) is 1.71. The number of hydrogen-bond acceptors (Lipinski definition) is 3. The SMILES string of the molecule is CC(=O)Nc1ccc(NC(=O)CCC(C)N)cc1. The van der Waals surface area contributed by atoms with E-state index in [0.717, 1.165) is 0 Å². The van der Waals surface area contributed by atoms with E-state index in [4.69, 9.17) is 5.73 Å². The summed E-state index contributed by atoms with van der Waals surface area (Å²) >= 11 is 0. The molecular formula is C13H19N3O2. The van der Waals surface area contributed by atoms with Gasteiger partial charge in [-0.25, -0.2) is 0 Å². The van der Waals surface area contributed by atoms with Gasteiger partial charge in [0.1, 0.15) is 0 Å². The lowest BCUT2D eigenvalue weighted by Gasteiger charge is -2.08. The molecule has 0 aliphatic carbocycles. The van der Waals surface area contributed by atoms with E-state index in [9.17, 15) is 9.59 Å². The second-order valence-electron chi connectivity index (χ2n) is 4.32. The van der Waals surface area contributed by atoms with Crippen LogP contribution in [0.15, 0.2) is 24.3 Å². The fraction of sp³-hybridized carbons (Fsp3) is 0.385. The summed E-state index contributed by atoms with van der Waals surface area (Å²) in [4.78, 5) is 22.4. The molecular weight excluding hydrogens is 230 g/mol. The maximum absolute atomic E-state index is 11.5. The smallest absolute Gasteiger partial charge is 0.224 e. The summed E-state index contributed by atoms with van der Waals surface area (Å²) in [7, 11) is 0. The molecule has 0 radical (unpaired) electrons. The van der Waals surface area contributed by atoms with E-state index in [2.05, 4.69) is 10.6 Å². The Morgan fingerprint density at radius 1 is 1.17 bits per heavy atom. The van der Waals surface area contributed by atoms with Crippen molar-refractivity contribution in [2.75, 3.05) is 10.6 Å². The van der Waals surface area contributed by atoms with Gasteiger partial charge in [-0.05, 0) is 37.6 Å². The van der Waals surface area contributed by atoms with Crippen LogP contribution in [0.4, 0.5) is 11.4 Å². The first-order valence-electron chi connectivity index (χ1n) is 5.90. The van der Waals surface area contributed by atoms with Gasteiger partial charge >= 0.3 is 0 Å². The molecule has 0 spiro atoms. The molecule has 98 valence electrons. The van der Waals surface area contributed by atoms with E-state index >= 15 is 0 Å². The highest BCUT2D eigenvalue weighted by molar-refractivity contribution is 5.92. The average Bonchev–Trinajstić information content (AvgIpc) is 2.28. The van der Waals surface area contributed by atoms with Crippen LogP contribution >= 0.6 is 0 Å². The number of benzene rings is 1. The number of carbonyl (C=O) groups is 2. The second kappa shape index (κ2) is 6.76. The Labute approximate surface area is 107 Å². The molecule has 0 aliphatic rings. The fourth-order valence-electron chi connectivity index (χ4n) is 1.42. The average molecular weight is 249 g/mol. The minimum Gasteiger partial charge on any atom is -0.328 e. The van der Waals surface area contributed by atoms with Crippen LogP contribution in [0, 0.1) is 0 Å². The Morgan fingerprint density at radius 3 is 2.11 bits per heavy atom. The molecule has 4 N–H and O–H groups in total. The monoisotopic (exact) mass is 249 g/mol. The summed E-state index contributed by atoms with van der Waals surface area (Å²) in [6.07, 6.45) is 1.07. The molecule has 1 aromatic carbocycles. The topological polar surface area (TPSA) is 84.2 Å². The van der Waals surface area contributed by atoms with Gasteiger partial charge in [0, 0.05) is 30.8 Å². The third-order valence-corrected chi connectivity index (χ3v) is 2.32. The number of nitrogens with two attached hydrogens (primary N) is 1. The van der Waals surface area contributed by atoms with Crippen LogP contribution < -0.4 is 16.4 Å². The Kier molecular flexibility index (Phi) is 5.32. The van der Waals surface area contributed by atoms with Crippen LogP contribution in [0.25, 0.3) is 0 Å². The first kappa shape index (κ1) is 14.2. The number of anilines is 2. The molecule has 5 heteroatoms. The summed E-state index contributed by atoms with van der Waals surface area (Å²) in [5.74, 6) is -0.178. The van der Waals surface area contributed by atoms with Gasteiger partial charge in [0.25, 0.3) is 0 Å². The second-order valence-corrected chi connectivity index (χ2v) is 4.32. The lowest BCUT2D eigenvalue weighted by atomic mass is 10.2. The van der Waals surface area contributed by atoms with E-state index in [-0.39, 0.29) is 17.9 Å². The first-order chi connectivity index (χ1) is 8.47. The number of amides is 2. The summed E-state index contributed by atoms with van der Waals surface area (Å²) in [5.41, 5.74) is 6.99. The largest absolute Gasteiger partial charge is 0.328 e. The molecule has 0 aliphatic heterocycles. The molecule has 0 aromatic heterocycles. The fourth-order valence-corrected chi connectivity index (χ4v) is 1.42. The Hall–Kier alpha value is -1.88. The molecule has 1 atom stereocenters. The predicted molar refractivity (Wildman–Crippen MR) is 72.3 cm³/mol. The molecule has 2 amide bonds. The number of rotatable bonds is 5. The maximum atomic E-state index is 11.5. The van der Waals surface area contributed by atoms with Crippen molar-refractivity contribution < 1.29 is 9.59 Å². The van der Waals surface area contributed by atoms with Gasteiger partial charge in [-0.15, -0.1) is 0 Å².